The average Bonchev–Trinajstić information content (AvgIpc) is 3.24. The Kier molecular flexibility index (Phi) is 3.38. The Hall–Kier alpha value is -1.62. The van der Waals surface area contributed by atoms with Crippen molar-refractivity contribution in [1.29, 1.82) is 0 Å². The number of aromatic nitrogens is 1. The number of nitrogens with zero attached hydrogens (tertiary/aromatic N) is 3. The van der Waals surface area contributed by atoms with E-state index in [0.29, 0.717) is 0 Å². The number of carbonyl (C=O) groups is 1. The molecule has 1 N–H and O–H groups in total. The largest absolute Gasteiger partial charge is 0.477 e. The molecule has 2 aliphatic rings. The number of carboxylic acids is 1. The van der Waals surface area contributed by atoms with Crippen LogP contribution in [0.4, 0.5) is 5.69 Å². The fourth-order valence-corrected chi connectivity index (χ4v) is 2.59. The van der Waals surface area contributed by atoms with Gasteiger partial charge in [0.15, 0.2) is 0 Å². The van der Waals surface area contributed by atoms with E-state index in [1.807, 2.05) is 6.07 Å². The summed E-state index contributed by atoms with van der Waals surface area (Å²) in [5.74, 6) is -0.0275. The maximum atomic E-state index is 10.9. The number of rotatable bonds is 4. The molecule has 0 amide bonds. The van der Waals surface area contributed by atoms with Gasteiger partial charge in [0, 0.05) is 44.6 Å². The molecule has 0 bridgehead atoms. The van der Waals surface area contributed by atoms with Gasteiger partial charge in [0.05, 0.1) is 0 Å². The lowest BCUT2D eigenvalue weighted by molar-refractivity contribution is 0.0690. The highest BCUT2D eigenvalue weighted by atomic mass is 16.4. The van der Waals surface area contributed by atoms with Gasteiger partial charge >= 0.3 is 5.97 Å². The molecule has 0 unspecified atom stereocenters. The zero-order chi connectivity index (χ0) is 13.2. The summed E-state index contributed by atoms with van der Waals surface area (Å²) in [5.41, 5.74) is 1.09. The second-order valence-electron chi connectivity index (χ2n) is 5.44. The molecular weight excluding hydrogens is 242 g/mol. The highest BCUT2D eigenvalue weighted by molar-refractivity contribution is 5.86. The Bertz CT molecular complexity index is 466. The van der Waals surface area contributed by atoms with Crippen molar-refractivity contribution in [2.45, 2.75) is 12.8 Å². The van der Waals surface area contributed by atoms with Crippen LogP contribution in [0, 0.1) is 5.92 Å². The Morgan fingerprint density at radius 2 is 2.05 bits per heavy atom. The van der Waals surface area contributed by atoms with Gasteiger partial charge < -0.3 is 10.0 Å². The smallest absolute Gasteiger partial charge is 0.354 e. The monoisotopic (exact) mass is 261 g/mol. The molecule has 102 valence electrons. The molecule has 1 saturated carbocycles. The van der Waals surface area contributed by atoms with Gasteiger partial charge in [-0.2, -0.15) is 0 Å². The van der Waals surface area contributed by atoms with E-state index in [0.717, 1.165) is 37.8 Å². The number of aromatic carboxylic acids is 1. The molecule has 0 spiro atoms. The van der Waals surface area contributed by atoms with Crippen molar-refractivity contribution in [3.05, 3.63) is 24.0 Å². The molecule has 19 heavy (non-hydrogen) atoms. The maximum Gasteiger partial charge on any atom is 0.354 e. The molecule has 1 saturated heterocycles. The molecule has 1 aliphatic carbocycles. The van der Waals surface area contributed by atoms with Crippen LogP contribution in [0.2, 0.25) is 0 Å². The van der Waals surface area contributed by atoms with E-state index in [4.69, 9.17) is 5.11 Å². The van der Waals surface area contributed by atoms with Crippen LogP contribution in [0.15, 0.2) is 18.3 Å². The second kappa shape index (κ2) is 5.17. The van der Waals surface area contributed by atoms with E-state index in [1.165, 1.54) is 19.4 Å². The summed E-state index contributed by atoms with van der Waals surface area (Å²) in [7, 11) is 0. The molecule has 2 heterocycles. The molecule has 0 atom stereocenters. The molecule has 5 nitrogen and oxygen atoms in total. The lowest BCUT2D eigenvalue weighted by Crippen LogP contribution is -2.47. The second-order valence-corrected chi connectivity index (χ2v) is 5.44. The highest BCUT2D eigenvalue weighted by Crippen LogP contribution is 2.30. The molecule has 0 aromatic carbocycles. The Morgan fingerprint density at radius 3 is 2.68 bits per heavy atom. The zero-order valence-electron chi connectivity index (χ0n) is 11.0. The van der Waals surface area contributed by atoms with E-state index < -0.39 is 5.97 Å². The van der Waals surface area contributed by atoms with Crippen LogP contribution in [0.5, 0.6) is 0 Å². The summed E-state index contributed by atoms with van der Waals surface area (Å²) in [6.45, 7) is 5.32. The molecule has 3 rings (SSSR count). The van der Waals surface area contributed by atoms with Gasteiger partial charge in [-0.1, -0.05) is 0 Å². The van der Waals surface area contributed by atoms with E-state index in [1.54, 1.807) is 12.3 Å². The summed E-state index contributed by atoms with van der Waals surface area (Å²) in [5, 5.41) is 8.97. The summed E-state index contributed by atoms with van der Waals surface area (Å²) in [6, 6.07) is 3.56. The normalized spacial score (nSPS) is 20.5. The zero-order valence-corrected chi connectivity index (χ0v) is 11.0. The van der Waals surface area contributed by atoms with E-state index >= 15 is 0 Å². The first-order valence-electron chi connectivity index (χ1n) is 6.89. The van der Waals surface area contributed by atoms with Crippen molar-refractivity contribution < 1.29 is 9.90 Å². The minimum atomic E-state index is -0.964. The van der Waals surface area contributed by atoms with E-state index in [2.05, 4.69) is 14.8 Å². The van der Waals surface area contributed by atoms with Gasteiger partial charge in [0.1, 0.15) is 5.69 Å². The summed E-state index contributed by atoms with van der Waals surface area (Å²) in [6.07, 6.45) is 4.37. The summed E-state index contributed by atoms with van der Waals surface area (Å²) < 4.78 is 0. The van der Waals surface area contributed by atoms with Gasteiger partial charge in [0.2, 0.25) is 0 Å². The minimum Gasteiger partial charge on any atom is -0.477 e. The van der Waals surface area contributed by atoms with Crippen LogP contribution < -0.4 is 4.90 Å². The molecule has 1 aromatic rings. The van der Waals surface area contributed by atoms with Gasteiger partial charge in [-0.05, 0) is 30.9 Å². The third-order valence-corrected chi connectivity index (χ3v) is 3.91. The predicted octanol–water partition coefficient (Wildman–Crippen LogP) is 1.31. The van der Waals surface area contributed by atoms with Crippen molar-refractivity contribution in [2.24, 2.45) is 5.92 Å². The molecule has 0 radical (unpaired) electrons. The maximum absolute atomic E-state index is 10.9. The van der Waals surface area contributed by atoms with Crippen LogP contribution in [0.3, 0.4) is 0 Å². The van der Waals surface area contributed by atoms with Crippen LogP contribution in [-0.4, -0.2) is 53.7 Å². The Morgan fingerprint density at radius 1 is 1.32 bits per heavy atom. The number of carboxylic acid groups (broad SMARTS) is 1. The fraction of sp³-hybridized carbons (Fsp3) is 0.571. The van der Waals surface area contributed by atoms with Crippen LogP contribution in [-0.2, 0) is 0 Å². The first-order chi connectivity index (χ1) is 9.22. The SMILES string of the molecule is O=C(O)c1cc(N2CCN(CC3CC3)CC2)ccn1. The first kappa shape index (κ1) is 12.4. The standard InChI is InChI=1S/C14H19N3O2/c18-14(19)13-9-12(3-4-15-13)17-7-5-16(6-8-17)10-11-1-2-11/h3-4,9,11H,1-2,5-8,10H2,(H,18,19). The molecule has 1 aromatic heterocycles. The van der Waals surface area contributed by atoms with E-state index in [-0.39, 0.29) is 5.69 Å². The molecule has 5 heteroatoms. The third kappa shape index (κ3) is 3.04. The Balaban J connectivity index is 1.60. The average molecular weight is 261 g/mol. The van der Waals surface area contributed by atoms with E-state index in [9.17, 15) is 4.79 Å². The van der Waals surface area contributed by atoms with Crippen molar-refractivity contribution >= 4 is 11.7 Å². The van der Waals surface area contributed by atoms with Crippen LogP contribution in [0.1, 0.15) is 23.3 Å². The summed E-state index contributed by atoms with van der Waals surface area (Å²) >= 11 is 0. The lowest BCUT2D eigenvalue weighted by Gasteiger charge is -2.36. The first-order valence-corrected chi connectivity index (χ1v) is 6.89. The quantitative estimate of drug-likeness (QED) is 0.885. The van der Waals surface area contributed by atoms with Crippen LogP contribution >= 0.6 is 0 Å². The van der Waals surface area contributed by atoms with Crippen molar-refractivity contribution in [1.82, 2.24) is 9.88 Å². The lowest BCUT2D eigenvalue weighted by atomic mass is 10.2. The van der Waals surface area contributed by atoms with Gasteiger partial charge in [-0.25, -0.2) is 9.78 Å². The van der Waals surface area contributed by atoms with Crippen molar-refractivity contribution in [3.63, 3.8) is 0 Å². The van der Waals surface area contributed by atoms with Crippen molar-refractivity contribution in [2.75, 3.05) is 37.6 Å². The van der Waals surface area contributed by atoms with Crippen molar-refractivity contribution in [3.8, 4) is 0 Å². The number of piperazine rings is 1. The van der Waals surface area contributed by atoms with Gasteiger partial charge in [-0.3, -0.25) is 4.90 Å². The summed E-state index contributed by atoms with van der Waals surface area (Å²) in [4.78, 5) is 19.6. The molecule has 1 aliphatic heterocycles. The number of hydrogen-bond acceptors (Lipinski definition) is 4. The Labute approximate surface area is 112 Å². The topological polar surface area (TPSA) is 56.7 Å². The third-order valence-electron chi connectivity index (χ3n) is 3.91. The molecule has 2 fully saturated rings. The predicted molar refractivity (Wildman–Crippen MR) is 72.6 cm³/mol. The number of hydrogen-bond donors (Lipinski definition) is 1. The molecular formula is C14H19N3O2. The highest BCUT2D eigenvalue weighted by Gasteiger charge is 2.26. The number of anilines is 1. The fourth-order valence-electron chi connectivity index (χ4n) is 2.59. The van der Waals surface area contributed by atoms with Crippen LogP contribution in [0.25, 0.3) is 0 Å². The number of pyridine rings is 1. The minimum absolute atomic E-state index is 0.123. The van der Waals surface area contributed by atoms with Gasteiger partial charge in [-0.15, -0.1) is 0 Å². The van der Waals surface area contributed by atoms with Gasteiger partial charge in [0.25, 0.3) is 0 Å².